The minimum absolute atomic E-state index is 1.11. The van der Waals surface area contributed by atoms with E-state index in [9.17, 15) is 0 Å². The van der Waals surface area contributed by atoms with Gasteiger partial charge >= 0.3 is 0 Å². The van der Waals surface area contributed by atoms with Gasteiger partial charge in [-0.25, -0.2) is 0 Å². The molecule has 36 spiro atoms. The van der Waals surface area contributed by atoms with Gasteiger partial charge in [0.2, 0.25) is 0 Å². The molecule has 0 bridgehead atoms. The van der Waals surface area contributed by atoms with Crippen LogP contribution in [0.5, 0.6) is 0 Å². The average molecular weight is 827 g/mol. The van der Waals surface area contributed by atoms with Crippen LogP contribution in [0.15, 0.2) is 0 Å². The molecule has 0 heteroatoms. The fourth-order valence-electron chi connectivity index (χ4n) is 77.9. The van der Waals surface area contributed by atoms with Crippen LogP contribution in [0.1, 0.15) is 25.7 Å². The van der Waals surface area contributed by atoms with E-state index in [1.807, 2.05) is 25.7 Å². The Morgan fingerprint density at radius 1 is 0.136 bits per heavy atom. The Labute approximate surface area is 372 Å². The molecule has 0 aromatic carbocycles. The molecule has 0 saturated heterocycles. The van der Waals surface area contributed by atoms with Crippen LogP contribution in [0.2, 0.25) is 0 Å². The molecule has 61 unspecified atom stereocenters. The second kappa shape index (κ2) is 3.00. The van der Waals surface area contributed by atoms with Gasteiger partial charge in [-0.1, -0.05) is 0 Å². The highest BCUT2D eigenvalue weighted by molar-refractivity contribution is 6.22. The summed E-state index contributed by atoms with van der Waals surface area (Å²) in [4.78, 5) is 0. The van der Waals surface area contributed by atoms with Gasteiger partial charge in [0.1, 0.15) is 0 Å². The lowest BCUT2D eigenvalue weighted by molar-refractivity contribution is -1.30. The Balaban J connectivity index is 0.736. The first-order valence-corrected chi connectivity index (χ1v) is 32.9. The number of hydrogen-bond acceptors (Lipinski definition) is 0. The first-order valence-electron chi connectivity index (χ1n) is 32.9. The van der Waals surface area contributed by atoms with Crippen LogP contribution in [0.3, 0.4) is 0 Å². The van der Waals surface area contributed by atoms with Crippen molar-refractivity contribution in [1.82, 2.24) is 0 Å². The van der Waals surface area contributed by atoms with Gasteiger partial charge in [-0.15, -0.1) is 0 Å². The first kappa shape index (κ1) is 21.1. The molecule has 0 heterocycles. The largest absolute Gasteiger partial charge is 0.0458 e. The van der Waals surface area contributed by atoms with Crippen LogP contribution in [0.4, 0.5) is 0 Å². The van der Waals surface area contributed by atoms with Gasteiger partial charge in [-0.2, -0.15) is 0 Å². The fourth-order valence-corrected chi connectivity index (χ4v) is 77.9. The standard InChI is InChI=1S/C66H34/c1-5-13-14-6-2-10-18-23-27-30-28-24-20-12-4-8-16-15-7-3-11-19-22-26-29-25-21-17-9(1)31(5)35(13)36(14)32(6,10)40(18)44(23)49(27)52(30)50(28)46(24)42(20)34(8,12)38(16)37(15)33(7,11)41(19)45(22)48(26)51(29)47(25)43(21)39(17,31)53(35)54(36,40)58(44)57(43,53)61(47)62(49,58)66(52)64(50)60(46)56(38,42)55(37,41)59(45,60)63(48,64)65(51,61)66/h5-30H,1-4H2/t5?,6?,7?,8?,9?,10?,11?,12?,13?,14?,15?,16?,17?,18?,19?,20?,21?,22?,23?,24?,25?,26?,27?,28?,29?,30?,31?,32?,33?,34?,35?,36?,37?,38?,39?,40?,41?,42?,43-,44?,45?,46?,47?,48?,49?,50?,51?,52?,53?,54?,55?,56?,57?,58?,59?,60?,61?,62?,63?,64?,65?,66?/m0/s1. The van der Waals surface area contributed by atoms with Crippen molar-refractivity contribution in [3.63, 3.8) is 0 Å². The van der Waals surface area contributed by atoms with E-state index < -0.39 is 0 Å². The second-order valence-electron chi connectivity index (χ2n) is 43.8. The van der Waals surface area contributed by atoms with Gasteiger partial charge < -0.3 is 0 Å². The van der Waals surface area contributed by atoms with Crippen LogP contribution in [0, 0.1) is 349 Å². The molecule has 50 rings (SSSR count). The maximum absolute atomic E-state index is 1.88. The minimum atomic E-state index is 1.11. The fraction of sp³-hybridized carbons (Fsp3) is 1.00. The minimum Gasteiger partial charge on any atom is -0.0458 e. The maximum atomic E-state index is 1.88. The quantitative estimate of drug-likeness (QED) is 0.331. The van der Waals surface area contributed by atoms with Crippen molar-refractivity contribution >= 4 is 0 Å². The van der Waals surface area contributed by atoms with E-state index in [4.69, 9.17) is 0 Å². The van der Waals surface area contributed by atoms with E-state index in [1.165, 1.54) is 165 Å². The lowest BCUT2D eigenvalue weighted by atomic mass is 8.28. The normalized spacial score (nSPS) is 149. The molecule has 0 radical (unpaired) electrons. The molecular formula is C66H34. The third kappa shape index (κ3) is 0.406. The van der Waals surface area contributed by atoms with Crippen LogP contribution in [-0.4, -0.2) is 0 Å². The molecule has 50 saturated carbocycles. The van der Waals surface area contributed by atoms with E-state index >= 15 is 0 Å². The monoisotopic (exact) mass is 826 g/mol. The average Bonchev–Trinajstić information content (AvgIpc) is 0.816. The summed E-state index contributed by atoms with van der Waals surface area (Å²) in [7, 11) is 0. The number of hydrogen-bond donors (Lipinski definition) is 0. The van der Waals surface area contributed by atoms with E-state index in [0.717, 1.165) is 184 Å². The van der Waals surface area contributed by atoms with Crippen molar-refractivity contribution < 1.29 is 0 Å². The molecule has 62 atom stereocenters. The van der Waals surface area contributed by atoms with E-state index in [0.29, 0.717) is 0 Å². The lowest BCUT2D eigenvalue weighted by Gasteiger charge is -3.74. The second-order valence-corrected chi connectivity index (χ2v) is 43.8. The summed E-state index contributed by atoms with van der Waals surface area (Å²) >= 11 is 0. The molecule has 50 aliphatic rings. The van der Waals surface area contributed by atoms with Crippen molar-refractivity contribution in [3.05, 3.63) is 0 Å². The molecule has 50 fully saturated rings. The first-order chi connectivity index (χ1) is 32.9. The van der Waals surface area contributed by atoms with Crippen molar-refractivity contribution in [2.45, 2.75) is 25.7 Å². The van der Waals surface area contributed by atoms with Gasteiger partial charge in [0, 0.05) is 0 Å². The molecule has 298 valence electrons. The molecule has 0 aromatic rings. The van der Waals surface area contributed by atoms with E-state index in [-0.39, 0.29) is 0 Å². The van der Waals surface area contributed by atoms with E-state index in [1.54, 1.807) is 0 Å². The van der Waals surface area contributed by atoms with E-state index in [2.05, 4.69) is 0 Å². The highest BCUT2D eigenvalue weighted by Gasteiger charge is 3.78. The SMILES string of the molecule is C1C2C3C4C5CC6C7C8C9C%10C%11C%12C%13C%14CC%15C%16C%17C%18CC%19C%20C%21C%22C%23C%24C%25C%26C1C21C32C43C56C74C85C96C%107C89C6%10C56C34C23C%261C%251C%242C%234C%225C%21%22C%20%21C%19%18C%17%18C%16%17C%15%14C%13%14C%17%13C%21%18C%22%15C5(C48C2%10C136)C91C%117[C@]%12%14C%15%131. The zero-order valence-corrected chi connectivity index (χ0v) is 35.8. The summed E-state index contributed by atoms with van der Waals surface area (Å²) in [5.74, 6) is 37.0. The molecular weight excluding hydrogens is 793 g/mol. The summed E-state index contributed by atoms with van der Waals surface area (Å²) < 4.78 is 0. The van der Waals surface area contributed by atoms with Crippen molar-refractivity contribution in [1.29, 1.82) is 0 Å². The number of rotatable bonds is 0. The van der Waals surface area contributed by atoms with Crippen LogP contribution >= 0.6 is 0 Å². The van der Waals surface area contributed by atoms with Crippen LogP contribution in [-0.2, 0) is 0 Å². The van der Waals surface area contributed by atoms with Crippen molar-refractivity contribution in [3.8, 4) is 0 Å². The zero-order chi connectivity index (χ0) is 35.8. The van der Waals surface area contributed by atoms with Gasteiger partial charge in [0.05, 0.1) is 0 Å². The Morgan fingerprint density at radius 3 is 0.485 bits per heavy atom. The maximum Gasteiger partial charge on any atom is -0.000370 e. The molecule has 0 amide bonds. The molecule has 0 N–H and O–H groups in total. The van der Waals surface area contributed by atoms with Crippen molar-refractivity contribution in [2.75, 3.05) is 0 Å². The van der Waals surface area contributed by atoms with Gasteiger partial charge in [0.15, 0.2) is 0 Å². The Bertz CT molecular complexity index is 4310. The highest BCUT2D eigenvalue weighted by atomic mass is 15.8. The summed E-state index contributed by atoms with van der Waals surface area (Å²) in [6.07, 6.45) is 7.52. The smallest absolute Gasteiger partial charge is 0.000370 e. The predicted molar refractivity (Wildman–Crippen MR) is 197 cm³/mol. The Kier molecular flexibility index (Phi) is 0.958. The zero-order valence-electron chi connectivity index (χ0n) is 35.8. The predicted octanol–water partition coefficient (Wildman–Crippen LogP) is 4.76. The lowest BCUT2D eigenvalue weighted by Crippen LogP contribution is -3.73. The Hall–Kier alpha value is 0. The highest BCUT2D eigenvalue weighted by Crippen LogP contribution is 3.78. The molecule has 50 aliphatic carbocycles. The molecule has 0 aliphatic heterocycles. The third-order valence-corrected chi connectivity index (χ3v) is 59.9. The molecule has 66 heavy (non-hydrogen) atoms. The van der Waals surface area contributed by atoms with Gasteiger partial charge in [-0.05, 0) is 374 Å². The third-order valence-electron chi connectivity index (χ3n) is 59.9. The van der Waals surface area contributed by atoms with Crippen LogP contribution < -0.4 is 0 Å². The van der Waals surface area contributed by atoms with Gasteiger partial charge in [-0.3, -0.25) is 0 Å². The Morgan fingerprint density at radius 2 is 0.273 bits per heavy atom. The van der Waals surface area contributed by atoms with Crippen molar-refractivity contribution in [2.24, 2.45) is 349 Å². The summed E-state index contributed by atoms with van der Waals surface area (Å²) in [5, 5.41) is 0. The molecule has 0 aromatic heterocycles. The number of fused-ring (bicyclic) bond motifs is 22. The summed E-state index contributed by atoms with van der Waals surface area (Å²) in [5.41, 5.74) is 41.2. The molecule has 0 nitrogen and oxygen atoms in total. The summed E-state index contributed by atoms with van der Waals surface area (Å²) in [6, 6.07) is 0. The van der Waals surface area contributed by atoms with Crippen LogP contribution in [0.25, 0.3) is 0 Å². The summed E-state index contributed by atoms with van der Waals surface area (Å²) in [6.45, 7) is 0. The topological polar surface area (TPSA) is 0 Å². The van der Waals surface area contributed by atoms with Gasteiger partial charge in [0.25, 0.3) is 0 Å².